The maximum Gasteiger partial charge on any atom is 0.257 e. The molecule has 0 heterocycles. The van der Waals surface area contributed by atoms with Gasteiger partial charge in [0.15, 0.2) is 24.0 Å². The van der Waals surface area contributed by atoms with Gasteiger partial charge in [-0.3, -0.25) is 4.79 Å². The van der Waals surface area contributed by atoms with E-state index < -0.39 is 29.9 Å². The van der Waals surface area contributed by atoms with Crippen LogP contribution in [0.2, 0.25) is 0 Å². The van der Waals surface area contributed by atoms with Crippen molar-refractivity contribution in [1.82, 2.24) is 10.6 Å². The summed E-state index contributed by atoms with van der Waals surface area (Å²) in [6, 6.07) is 2.60. The number of carbonyl (C=O) groups is 1. The number of rotatable bonds is 6. The van der Waals surface area contributed by atoms with Crippen LogP contribution in [0.5, 0.6) is 5.75 Å². The Balaban J connectivity index is 2.76. The fraction of sp³-hybridized carbons (Fsp3) is 0.462. The molecule has 0 aliphatic carbocycles. The number of hydrogen-bond acceptors (Lipinski definition) is 3. The molecule has 1 amide bonds. The lowest BCUT2D eigenvalue weighted by atomic mass is 10.2. The van der Waals surface area contributed by atoms with Gasteiger partial charge < -0.3 is 15.4 Å². The van der Waals surface area contributed by atoms with Crippen molar-refractivity contribution >= 4 is 5.91 Å². The van der Waals surface area contributed by atoms with E-state index in [1.165, 1.54) is 19.2 Å². The molecule has 1 aromatic rings. The minimum atomic E-state index is -0.815. The van der Waals surface area contributed by atoms with Gasteiger partial charge in [0.2, 0.25) is 0 Å². The van der Waals surface area contributed by atoms with Crippen LogP contribution in [0.1, 0.15) is 19.4 Å². The molecule has 106 valence electrons. The molecular weight excluding hydrogens is 254 g/mol. The van der Waals surface area contributed by atoms with E-state index in [4.69, 9.17) is 4.74 Å². The summed E-state index contributed by atoms with van der Waals surface area (Å²) in [6.07, 6.45) is 0. The molecular formula is C13H18F2N2O2. The van der Waals surface area contributed by atoms with E-state index in [2.05, 4.69) is 10.6 Å². The normalized spacial score (nSPS) is 10.6. The van der Waals surface area contributed by atoms with Crippen LogP contribution >= 0.6 is 0 Å². The van der Waals surface area contributed by atoms with Crippen molar-refractivity contribution in [3.63, 3.8) is 0 Å². The first-order valence-corrected chi connectivity index (χ1v) is 5.98. The van der Waals surface area contributed by atoms with E-state index in [9.17, 15) is 13.6 Å². The van der Waals surface area contributed by atoms with Crippen LogP contribution < -0.4 is 15.4 Å². The standard InChI is InChI=1S/C13H18F2N2O2/c1-8(2)17-6-9-4-10(14)13(11(15)5-9)19-7-12(18)16-3/h4-5,8,17H,6-7H2,1-3H3,(H,16,18). The van der Waals surface area contributed by atoms with Crippen LogP contribution in [0.4, 0.5) is 8.78 Å². The highest BCUT2D eigenvalue weighted by Gasteiger charge is 2.14. The molecule has 0 aromatic heterocycles. The summed E-state index contributed by atoms with van der Waals surface area (Å²) in [7, 11) is 1.42. The SMILES string of the molecule is CNC(=O)COc1c(F)cc(CNC(C)C)cc1F. The summed E-state index contributed by atoms with van der Waals surface area (Å²) >= 11 is 0. The largest absolute Gasteiger partial charge is 0.478 e. The molecule has 1 rings (SSSR count). The topological polar surface area (TPSA) is 50.4 Å². The van der Waals surface area contributed by atoms with Gasteiger partial charge in [0, 0.05) is 19.6 Å². The number of amides is 1. The first-order chi connectivity index (χ1) is 8.93. The predicted octanol–water partition coefficient (Wildman–Crippen LogP) is 1.59. The number of carbonyl (C=O) groups excluding carboxylic acids is 1. The van der Waals surface area contributed by atoms with Gasteiger partial charge in [-0.1, -0.05) is 13.8 Å². The van der Waals surface area contributed by atoms with Gasteiger partial charge in [0.05, 0.1) is 0 Å². The highest BCUT2D eigenvalue weighted by Crippen LogP contribution is 2.23. The van der Waals surface area contributed by atoms with E-state index in [1.807, 2.05) is 13.8 Å². The van der Waals surface area contributed by atoms with Crippen molar-refractivity contribution in [1.29, 1.82) is 0 Å². The van der Waals surface area contributed by atoms with Gasteiger partial charge in [-0.15, -0.1) is 0 Å². The Labute approximate surface area is 111 Å². The molecule has 2 N–H and O–H groups in total. The quantitative estimate of drug-likeness (QED) is 0.827. The van der Waals surface area contributed by atoms with Gasteiger partial charge in [-0.05, 0) is 17.7 Å². The molecule has 6 heteroatoms. The van der Waals surface area contributed by atoms with Crippen molar-refractivity contribution in [2.75, 3.05) is 13.7 Å². The molecule has 0 spiro atoms. The van der Waals surface area contributed by atoms with Crippen LogP contribution in [0.15, 0.2) is 12.1 Å². The number of likely N-dealkylation sites (N-methyl/N-ethyl adjacent to an activating group) is 1. The summed E-state index contributed by atoms with van der Waals surface area (Å²) in [5.41, 5.74) is 0.482. The zero-order valence-electron chi connectivity index (χ0n) is 11.2. The second kappa shape index (κ2) is 7.04. The second-order valence-electron chi connectivity index (χ2n) is 4.39. The third-order valence-electron chi connectivity index (χ3n) is 2.40. The molecule has 0 saturated heterocycles. The van der Waals surface area contributed by atoms with Crippen molar-refractivity contribution in [3.8, 4) is 5.75 Å². The molecule has 1 aromatic carbocycles. The highest BCUT2D eigenvalue weighted by atomic mass is 19.1. The van der Waals surface area contributed by atoms with E-state index in [1.54, 1.807) is 0 Å². The minimum Gasteiger partial charge on any atom is -0.478 e. The first kappa shape index (κ1) is 15.4. The third kappa shape index (κ3) is 4.82. The minimum absolute atomic E-state index is 0.218. The van der Waals surface area contributed by atoms with Crippen molar-refractivity contribution in [3.05, 3.63) is 29.3 Å². The van der Waals surface area contributed by atoms with Gasteiger partial charge >= 0.3 is 0 Å². The number of halogens is 2. The zero-order chi connectivity index (χ0) is 14.4. The zero-order valence-corrected chi connectivity index (χ0v) is 11.2. The average molecular weight is 272 g/mol. The lowest BCUT2D eigenvalue weighted by Crippen LogP contribution is -2.25. The monoisotopic (exact) mass is 272 g/mol. The van der Waals surface area contributed by atoms with Gasteiger partial charge in [-0.2, -0.15) is 0 Å². The summed E-state index contributed by atoms with van der Waals surface area (Å²) < 4.78 is 32.1. The highest BCUT2D eigenvalue weighted by molar-refractivity contribution is 5.77. The Kier molecular flexibility index (Phi) is 5.69. The molecule has 0 radical (unpaired) electrons. The number of nitrogens with one attached hydrogen (secondary N) is 2. The molecule has 0 saturated carbocycles. The predicted molar refractivity (Wildman–Crippen MR) is 67.9 cm³/mol. The van der Waals surface area contributed by atoms with Crippen molar-refractivity contribution < 1.29 is 18.3 Å². The smallest absolute Gasteiger partial charge is 0.257 e. The molecule has 19 heavy (non-hydrogen) atoms. The summed E-state index contributed by atoms with van der Waals surface area (Å²) in [5, 5.41) is 5.36. The van der Waals surface area contributed by atoms with Crippen molar-refractivity contribution in [2.45, 2.75) is 26.4 Å². The second-order valence-corrected chi connectivity index (χ2v) is 4.39. The molecule has 0 bridgehead atoms. The fourth-order valence-corrected chi connectivity index (χ4v) is 1.38. The van der Waals surface area contributed by atoms with Crippen LogP contribution in [-0.4, -0.2) is 25.6 Å². The van der Waals surface area contributed by atoms with Gasteiger partial charge in [-0.25, -0.2) is 8.78 Å². The maximum absolute atomic E-state index is 13.7. The molecule has 0 atom stereocenters. The number of ether oxygens (including phenoxy) is 1. The van der Waals surface area contributed by atoms with Gasteiger partial charge in [0.1, 0.15) is 0 Å². The maximum atomic E-state index is 13.7. The Bertz CT molecular complexity index is 427. The third-order valence-corrected chi connectivity index (χ3v) is 2.40. The van der Waals surface area contributed by atoms with Crippen LogP contribution in [0, 0.1) is 11.6 Å². The van der Waals surface area contributed by atoms with E-state index in [0.717, 1.165) is 0 Å². The Morgan fingerprint density at radius 3 is 2.37 bits per heavy atom. The molecule has 0 aliphatic rings. The number of benzene rings is 1. The van der Waals surface area contributed by atoms with Crippen LogP contribution in [0.3, 0.4) is 0 Å². The molecule has 0 fully saturated rings. The van der Waals surface area contributed by atoms with Gasteiger partial charge in [0.25, 0.3) is 5.91 Å². The molecule has 0 unspecified atom stereocenters. The first-order valence-electron chi connectivity index (χ1n) is 5.98. The Morgan fingerprint density at radius 1 is 1.32 bits per heavy atom. The molecule has 0 aliphatic heterocycles. The summed E-state index contributed by atoms with van der Waals surface area (Å²) in [4.78, 5) is 11.0. The number of hydrogen-bond donors (Lipinski definition) is 2. The average Bonchev–Trinajstić information content (AvgIpc) is 2.34. The van der Waals surface area contributed by atoms with Crippen LogP contribution in [-0.2, 0) is 11.3 Å². The van der Waals surface area contributed by atoms with E-state index in [0.29, 0.717) is 12.1 Å². The Hall–Kier alpha value is -1.69. The Morgan fingerprint density at radius 2 is 1.89 bits per heavy atom. The lowest BCUT2D eigenvalue weighted by molar-refractivity contribution is -0.122. The summed E-state index contributed by atoms with van der Waals surface area (Å²) in [5.74, 6) is -2.62. The van der Waals surface area contributed by atoms with Crippen LogP contribution in [0.25, 0.3) is 0 Å². The van der Waals surface area contributed by atoms with E-state index in [-0.39, 0.29) is 6.04 Å². The van der Waals surface area contributed by atoms with E-state index >= 15 is 0 Å². The van der Waals surface area contributed by atoms with Crippen molar-refractivity contribution in [2.24, 2.45) is 0 Å². The fourth-order valence-electron chi connectivity index (χ4n) is 1.38. The lowest BCUT2D eigenvalue weighted by Gasteiger charge is -2.11. The summed E-state index contributed by atoms with van der Waals surface area (Å²) in [6.45, 7) is 3.82. The molecule has 4 nitrogen and oxygen atoms in total.